The second-order valence-corrected chi connectivity index (χ2v) is 9.81. The van der Waals surface area contributed by atoms with E-state index in [0.717, 1.165) is 29.7 Å². The van der Waals surface area contributed by atoms with Crippen molar-refractivity contribution in [1.82, 2.24) is 0 Å². The van der Waals surface area contributed by atoms with Gasteiger partial charge in [0.25, 0.3) is 0 Å². The molecule has 1 aromatic carbocycles. The van der Waals surface area contributed by atoms with Gasteiger partial charge in [0, 0.05) is 9.77 Å². The van der Waals surface area contributed by atoms with Gasteiger partial charge in [-0.25, -0.2) is 4.79 Å². The summed E-state index contributed by atoms with van der Waals surface area (Å²) >= 11 is 9.04. The van der Waals surface area contributed by atoms with Gasteiger partial charge in [-0.1, -0.05) is 30.7 Å². The fourth-order valence-electron chi connectivity index (χ4n) is 3.20. The first-order valence-corrected chi connectivity index (χ1v) is 11.6. The van der Waals surface area contributed by atoms with Crippen molar-refractivity contribution in [3.05, 3.63) is 45.3 Å². The lowest BCUT2D eigenvalue weighted by molar-refractivity contribution is -0.113. The van der Waals surface area contributed by atoms with Crippen molar-refractivity contribution in [2.24, 2.45) is 5.92 Å². The van der Waals surface area contributed by atoms with Crippen LogP contribution in [0.25, 0.3) is 0 Å². The molecule has 0 bridgehead atoms. The Labute approximate surface area is 179 Å². The maximum Gasteiger partial charge on any atom is 0.341 e. The van der Waals surface area contributed by atoms with Crippen LogP contribution in [0.3, 0.4) is 0 Å². The van der Waals surface area contributed by atoms with Crippen LogP contribution in [-0.4, -0.2) is 23.7 Å². The van der Waals surface area contributed by atoms with E-state index >= 15 is 0 Å². The molecule has 0 radical (unpaired) electrons. The smallest absolute Gasteiger partial charge is 0.341 e. The number of esters is 1. The highest BCUT2D eigenvalue weighted by Gasteiger charge is 2.29. The molecular formula is C21H24ClNO3S2. The minimum Gasteiger partial charge on any atom is -0.459 e. The van der Waals surface area contributed by atoms with Gasteiger partial charge in [0.2, 0.25) is 5.91 Å². The maximum absolute atomic E-state index is 12.7. The van der Waals surface area contributed by atoms with Crippen molar-refractivity contribution < 1.29 is 14.3 Å². The molecule has 0 aliphatic heterocycles. The van der Waals surface area contributed by atoms with Crippen molar-refractivity contribution in [2.75, 3.05) is 11.1 Å². The van der Waals surface area contributed by atoms with Gasteiger partial charge < -0.3 is 10.1 Å². The minimum absolute atomic E-state index is 0.157. The van der Waals surface area contributed by atoms with E-state index in [1.807, 2.05) is 32.0 Å². The van der Waals surface area contributed by atoms with Gasteiger partial charge in [-0.15, -0.1) is 23.1 Å². The van der Waals surface area contributed by atoms with Crippen molar-refractivity contribution in [2.45, 2.75) is 51.0 Å². The summed E-state index contributed by atoms with van der Waals surface area (Å²) in [6.07, 6.45) is 2.62. The van der Waals surface area contributed by atoms with Gasteiger partial charge in [0.15, 0.2) is 0 Å². The second kappa shape index (κ2) is 9.33. The number of nitrogens with one attached hydrogen (secondary N) is 1. The Hall–Kier alpha value is -1.50. The van der Waals surface area contributed by atoms with Gasteiger partial charge in [0.05, 0.1) is 22.4 Å². The van der Waals surface area contributed by atoms with Gasteiger partial charge in [0.1, 0.15) is 5.00 Å². The van der Waals surface area contributed by atoms with Crippen molar-refractivity contribution in [3.8, 4) is 0 Å². The highest BCUT2D eigenvalue weighted by molar-refractivity contribution is 8.00. The van der Waals surface area contributed by atoms with Crippen molar-refractivity contribution >= 4 is 51.6 Å². The van der Waals surface area contributed by atoms with Crippen molar-refractivity contribution in [3.63, 3.8) is 0 Å². The van der Waals surface area contributed by atoms with Crippen LogP contribution in [0.2, 0.25) is 5.02 Å². The molecule has 1 N–H and O–H groups in total. The monoisotopic (exact) mass is 437 g/mol. The summed E-state index contributed by atoms with van der Waals surface area (Å²) in [7, 11) is 0. The molecule has 1 aliphatic carbocycles. The number of carbonyl (C=O) groups is 2. The van der Waals surface area contributed by atoms with Gasteiger partial charge in [-0.05, 0) is 56.7 Å². The molecule has 150 valence electrons. The third kappa shape index (κ3) is 5.10. The van der Waals surface area contributed by atoms with Crippen LogP contribution in [0.15, 0.2) is 29.2 Å². The first kappa shape index (κ1) is 21.2. The quantitative estimate of drug-likeness (QED) is 0.456. The fourth-order valence-corrected chi connectivity index (χ4v) is 5.65. The van der Waals surface area contributed by atoms with Crippen LogP contribution < -0.4 is 5.32 Å². The van der Waals surface area contributed by atoms with E-state index in [1.165, 1.54) is 28.0 Å². The number of thioether (sulfide) groups is 1. The summed E-state index contributed by atoms with van der Waals surface area (Å²) < 4.78 is 5.45. The Morgan fingerprint density at radius 2 is 2.11 bits per heavy atom. The molecule has 28 heavy (non-hydrogen) atoms. The molecule has 4 nitrogen and oxygen atoms in total. The molecule has 1 unspecified atom stereocenters. The molecule has 7 heteroatoms. The van der Waals surface area contributed by atoms with Crippen LogP contribution in [0.4, 0.5) is 5.00 Å². The van der Waals surface area contributed by atoms with E-state index in [4.69, 9.17) is 16.3 Å². The predicted octanol–water partition coefficient (Wildman–Crippen LogP) is 5.82. The molecule has 1 aromatic heterocycles. The largest absolute Gasteiger partial charge is 0.459 e. The van der Waals surface area contributed by atoms with E-state index in [2.05, 4.69) is 12.2 Å². The third-order valence-electron chi connectivity index (χ3n) is 4.51. The zero-order valence-corrected chi connectivity index (χ0v) is 18.6. The average Bonchev–Trinajstić information content (AvgIpc) is 2.97. The first-order valence-electron chi connectivity index (χ1n) is 9.37. The number of amides is 1. The number of hydrogen-bond acceptors (Lipinski definition) is 5. The summed E-state index contributed by atoms with van der Waals surface area (Å²) in [6.45, 7) is 5.88. The van der Waals surface area contributed by atoms with Crippen LogP contribution in [0.1, 0.15) is 48.0 Å². The van der Waals surface area contributed by atoms with E-state index in [0.29, 0.717) is 21.5 Å². The first-order chi connectivity index (χ1) is 13.3. The topological polar surface area (TPSA) is 55.4 Å². The SMILES string of the molecule is CC1CCc2c(sc(NC(=O)CSc3ccccc3Cl)c2C(=O)OC(C)C)C1. The molecule has 0 saturated heterocycles. The summed E-state index contributed by atoms with van der Waals surface area (Å²) in [5.41, 5.74) is 1.58. The molecule has 1 amide bonds. The van der Waals surface area contributed by atoms with Crippen LogP contribution >= 0.6 is 34.7 Å². The predicted molar refractivity (Wildman–Crippen MR) is 117 cm³/mol. The summed E-state index contributed by atoms with van der Waals surface area (Å²) in [6, 6.07) is 7.43. The Balaban J connectivity index is 1.77. The van der Waals surface area contributed by atoms with E-state index in [9.17, 15) is 9.59 Å². The van der Waals surface area contributed by atoms with Crippen LogP contribution in [0, 0.1) is 5.92 Å². The number of rotatable bonds is 6. The maximum atomic E-state index is 12.7. The minimum atomic E-state index is -0.351. The van der Waals surface area contributed by atoms with Crippen LogP contribution in [-0.2, 0) is 22.4 Å². The van der Waals surface area contributed by atoms with E-state index in [-0.39, 0.29) is 23.7 Å². The lowest BCUT2D eigenvalue weighted by Crippen LogP contribution is -2.19. The number of ether oxygens (including phenoxy) is 1. The standard InChI is InChI=1S/C21H24ClNO3S2/c1-12(2)26-21(25)19-14-9-8-13(3)10-17(14)28-20(19)23-18(24)11-27-16-7-5-4-6-15(16)22/h4-7,12-13H,8-11H2,1-3H3,(H,23,24). The van der Waals surface area contributed by atoms with Crippen LogP contribution in [0.5, 0.6) is 0 Å². The highest BCUT2D eigenvalue weighted by Crippen LogP contribution is 2.40. The number of carbonyl (C=O) groups excluding carboxylic acids is 2. The van der Waals surface area contributed by atoms with Crippen molar-refractivity contribution in [1.29, 1.82) is 0 Å². The molecule has 0 fully saturated rings. The van der Waals surface area contributed by atoms with E-state index in [1.54, 1.807) is 6.07 Å². The highest BCUT2D eigenvalue weighted by atomic mass is 35.5. The number of hydrogen-bond donors (Lipinski definition) is 1. The summed E-state index contributed by atoms with van der Waals surface area (Å²) in [5, 5.41) is 4.17. The molecule has 0 saturated carbocycles. The van der Waals surface area contributed by atoms with Gasteiger partial charge in [-0.3, -0.25) is 4.79 Å². The Kier molecular flexibility index (Phi) is 7.07. The Morgan fingerprint density at radius 1 is 1.36 bits per heavy atom. The van der Waals surface area contributed by atoms with Gasteiger partial charge >= 0.3 is 5.97 Å². The number of benzene rings is 1. The second-order valence-electron chi connectivity index (χ2n) is 7.28. The number of halogens is 1. The fraction of sp³-hybridized carbons (Fsp3) is 0.429. The third-order valence-corrected chi connectivity index (χ3v) is 7.19. The molecule has 2 aromatic rings. The summed E-state index contributed by atoms with van der Waals surface area (Å²) in [5.74, 6) is 0.298. The lowest BCUT2D eigenvalue weighted by atomic mass is 9.88. The molecule has 0 spiro atoms. The molecule has 3 rings (SSSR count). The molecule has 1 aliphatic rings. The normalized spacial score (nSPS) is 16.0. The van der Waals surface area contributed by atoms with E-state index < -0.39 is 0 Å². The molecular weight excluding hydrogens is 414 g/mol. The Bertz CT molecular complexity index is 879. The van der Waals surface area contributed by atoms with Gasteiger partial charge in [-0.2, -0.15) is 0 Å². The molecule has 1 atom stereocenters. The zero-order chi connectivity index (χ0) is 20.3. The number of thiophene rings is 1. The lowest BCUT2D eigenvalue weighted by Gasteiger charge is -2.18. The average molecular weight is 438 g/mol. The Morgan fingerprint density at radius 3 is 2.82 bits per heavy atom. The molecule has 1 heterocycles. The number of fused-ring (bicyclic) bond motifs is 1. The number of anilines is 1. The zero-order valence-electron chi connectivity index (χ0n) is 16.2. The summed E-state index contributed by atoms with van der Waals surface area (Å²) in [4.78, 5) is 27.3.